The molecule has 0 aromatic rings. The molecule has 10 atom stereocenters. The van der Waals surface area contributed by atoms with Gasteiger partial charge in [0.15, 0.2) is 0 Å². The monoisotopic (exact) mass is 1230 g/mol. The Balaban J connectivity index is 0.000000174. The third-order valence-corrected chi connectivity index (χ3v) is 20.0. The number of piperidine rings is 1. The number of carbonyl (C=O) groups excluding carboxylic acids is 5. The van der Waals surface area contributed by atoms with Crippen molar-refractivity contribution in [3.05, 3.63) is 0 Å². The molecule has 10 heterocycles. The SMILES string of the molecule is CC(C)CC(=O)N1CC2CN(C(C)C)CC2C1.CC(C)COC(=O)N1CC2CN(C(C)C)CC2C1.CC(C)N1CC2CCN(C(=O)OC(C)(C)C)CC2C1.CC(C)N1CC2CN(C(=O)OC(C)(C)C)CC2C1.COC(=O)N1CC2CN(C(C)C)CC2C1. The topological polar surface area (TPSA) is 155 Å². The van der Waals surface area contributed by atoms with Gasteiger partial charge in [-0.05, 0) is 188 Å². The van der Waals surface area contributed by atoms with Crippen LogP contribution < -0.4 is 0 Å². The normalized spacial score (nSPS) is 29.2. The van der Waals surface area contributed by atoms with Gasteiger partial charge >= 0.3 is 24.4 Å². The third-order valence-electron chi connectivity index (χ3n) is 20.0. The first kappa shape index (κ1) is 72.4. The van der Waals surface area contributed by atoms with Crippen molar-refractivity contribution in [2.75, 3.05) is 145 Å². The van der Waals surface area contributed by atoms with Gasteiger partial charge in [0.25, 0.3) is 0 Å². The van der Waals surface area contributed by atoms with Crippen LogP contribution in [0.4, 0.5) is 19.2 Å². The predicted molar refractivity (Wildman–Crippen MR) is 346 cm³/mol. The lowest BCUT2D eigenvalue weighted by Crippen LogP contribution is -2.45. The van der Waals surface area contributed by atoms with Crippen molar-refractivity contribution in [1.29, 1.82) is 0 Å². The molecule has 10 aliphatic heterocycles. The molecule has 19 heteroatoms. The first-order chi connectivity index (χ1) is 40.6. The average Bonchev–Trinajstić information content (AvgIpc) is 2.07. The zero-order valence-corrected chi connectivity index (χ0v) is 58.7. The number of ether oxygens (including phenoxy) is 4. The molecule has 0 radical (unpaired) electrons. The zero-order valence-electron chi connectivity index (χ0n) is 58.7. The molecule has 0 saturated carbocycles. The van der Waals surface area contributed by atoms with Crippen LogP contribution >= 0.6 is 0 Å². The first-order valence-corrected chi connectivity index (χ1v) is 34.3. The summed E-state index contributed by atoms with van der Waals surface area (Å²) in [5.74, 6) is 8.01. The Morgan fingerprint density at radius 1 is 0.345 bits per heavy atom. The van der Waals surface area contributed by atoms with Gasteiger partial charge in [-0.3, -0.25) is 4.79 Å². The van der Waals surface area contributed by atoms with Crippen LogP contribution in [0.5, 0.6) is 0 Å². The highest BCUT2D eigenvalue weighted by Gasteiger charge is 2.47. The van der Waals surface area contributed by atoms with Crippen LogP contribution in [0.3, 0.4) is 0 Å². The second kappa shape index (κ2) is 31.6. The summed E-state index contributed by atoms with van der Waals surface area (Å²) in [6, 6.07) is 3.13. The van der Waals surface area contributed by atoms with E-state index in [0.29, 0.717) is 102 Å². The minimum Gasteiger partial charge on any atom is -0.453 e. The second-order valence-electron chi connectivity index (χ2n) is 32.1. The zero-order chi connectivity index (χ0) is 64.6. The number of likely N-dealkylation sites (tertiary alicyclic amines) is 10. The van der Waals surface area contributed by atoms with Crippen LogP contribution in [0, 0.1) is 71.0 Å². The first-order valence-electron chi connectivity index (χ1n) is 34.3. The summed E-state index contributed by atoms with van der Waals surface area (Å²) in [4.78, 5) is 81.6. The van der Waals surface area contributed by atoms with Crippen LogP contribution in [-0.4, -0.2) is 265 Å². The van der Waals surface area contributed by atoms with E-state index in [1.807, 2.05) is 61.1 Å². The fourth-order valence-corrected chi connectivity index (χ4v) is 14.8. The number of carbonyl (C=O) groups is 5. The fourth-order valence-electron chi connectivity index (χ4n) is 14.8. The summed E-state index contributed by atoms with van der Waals surface area (Å²) in [6.07, 6.45) is 1.26. The van der Waals surface area contributed by atoms with Gasteiger partial charge in [-0.2, -0.15) is 0 Å². The number of methoxy groups -OCH3 is 1. The van der Waals surface area contributed by atoms with Gasteiger partial charge in [0.05, 0.1) is 13.7 Å². The summed E-state index contributed by atoms with van der Waals surface area (Å²) >= 11 is 0. The molecule has 10 saturated heterocycles. The van der Waals surface area contributed by atoms with Gasteiger partial charge < -0.3 is 67.9 Å². The van der Waals surface area contributed by atoms with Crippen LogP contribution in [0.1, 0.15) is 151 Å². The Morgan fingerprint density at radius 3 is 0.897 bits per heavy atom. The lowest BCUT2D eigenvalue weighted by Gasteiger charge is -2.35. The molecular formula is C68H126N10O9. The Bertz CT molecular complexity index is 2140. The second-order valence-corrected chi connectivity index (χ2v) is 32.1. The molecule has 0 aromatic carbocycles. The van der Waals surface area contributed by atoms with Crippen molar-refractivity contribution in [2.24, 2.45) is 71.0 Å². The molecule has 10 rings (SSSR count). The van der Waals surface area contributed by atoms with E-state index in [1.54, 1.807) is 0 Å². The Kier molecular flexibility index (Phi) is 26.3. The summed E-state index contributed by atoms with van der Waals surface area (Å²) in [5.41, 5.74) is -0.785. The van der Waals surface area contributed by atoms with Crippen molar-refractivity contribution < 1.29 is 42.9 Å². The Labute approximate surface area is 528 Å². The molecule has 0 N–H and O–H groups in total. The largest absolute Gasteiger partial charge is 0.453 e. The standard InChI is InChI=1S/C15H28N2O2.2C14H26N2O2.C14H26N2O.C11H20N2O2/c1-11(2)17-8-12-6-7-16(9-13(12)10-17)14(18)19-15(3,4)5;1-10(2)15-6-11-8-16(9-12(11)7-15)13(17)18-14(3,4)5;1-10(2)9-18-14(17)16-7-12-5-15(11(3)4)6-13(12)8-16;1-10(2)5-14(17)16-8-12-6-15(11(3)4)7-13(12)9-16;1-8(2)12-4-9-6-13(11(14)15-3)7-10(9)5-12/h11-13H,6-10H2,1-5H3;10-12H,6-9H2,1-5H3;10-13H,5-9H2,1-4H3;10-13H,5-9H2,1-4H3;8-10H,4-7H2,1-3H3. The van der Waals surface area contributed by atoms with Crippen LogP contribution in [0.2, 0.25) is 0 Å². The Morgan fingerprint density at radius 2 is 0.609 bits per heavy atom. The minimum absolute atomic E-state index is 0.116. The molecule has 5 amide bonds. The lowest BCUT2D eigenvalue weighted by atomic mass is 9.89. The third kappa shape index (κ3) is 21.2. The molecule has 87 heavy (non-hydrogen) atoms. The quantitative estimate of drug-likeness (QED) is 0.201. The fraction of sp³-hybridized carbons (Fsp3) is 0.926. The maximum atomic E-state index is 12.1. The van der Waals surface area contributed by atoms with E-state index in [4.69, 9.17) is 18.9 Å². The van der Waals surface area contributed by atoms with Crippen molar-refractivity contribution in [2.45, 2.75) is 193 Å². The molecule has 10 fully saturated rings. The summed E-state index contributed by atoms with van der Waals surface area (Å²) in [6.45, 7) is 63.4. The molecule has 0 spiro atoms. The van der Waals surface area contributed by atoms with E-state index in [-0.39, 0.29) is 24.4 Å². The maximum absolute atomic E-state index is 12.1. The van der Waals surface area contributed by atoms with E-state index in [1.165, 1.54) is 26.7 Å². The van der Waals surface area contributed by atoms with Gasteiger partial charge in [-0.25, -0.2) is 19.2 Å². The summed E-state index contributed by atoms with van der Waals surface area (Å²) in [5, 5.41) is 0. The van der Waals surface area contributed by atoms with Crippen LogP contribution in [0.15, 0.2) is 0 Å². The molecule has 0 aromatic heterocycles. The van der Waals surface area contributed by atoms with Gasteiger partial charge in [0.2, 0.25) is 5.91 Å². The summed E-state index contributed by atoms with van der Waals surface area (Å²) < 4.78 is 21.0. The molecule has 19 nitrogen and oxygen atoms in total. The molecule has 0 bridgehead atoms. The van der Waals surface area contributed by atoms with Crippen molar-refractivity contribution in [3.63, 3.8) is 0 Å². The highest BCUT2D eigenvalue weighted by molar-refractivity contribution is 5.76. The highest BCUT2D eigenvalue weighted by Crippen LogP contribution is 2.37. The molecule has 502 valence electrons. The number of hydrogen-bond acceptors (Lipinski definition) is 14. The van der Waals surface area contributed by atoms with Crippen LogP contribution in [0.25, 0.3) is 0 Å². The lowest BCUT2D eigenvalue weighted by molar-refractivity contribution is -0.131. The van der Waals surface area contributed by atoms with E-state index in [9.17, 15) is 24.0 Å². The Hall–Kier alpha value is -3.65. The van der Waals surface area contributed by atoms with Crippen molar-refractivity contribution in [3.8, 4) is 0 Å². The van der Waals surface area contributed by atoms with Gasteiger partial charge in [-0.1, -0.05) is 27.7 Å². The van der Waals surface area contributed by atoms with E-state index in [0.717, 1.165) is 135 Å². The number of nitrogens with zero attached hydrogens (tertiary/aromatic N) is 10. The van der Waals surface area contributed by atoms with Gasteiger partial charge in [0.1, 0.15) is 11.2 Å². The number of fused-ring (bicyclic) bond motifs is 5. The number of rotatable bonds is 9. The van der Waals surface area contributed by atoms with Crippen molar-refractivity contribution in [1.82, 2.24) is 49.0 Å². The number of hydrogen-bond donors (Lipinski definition) is 0. The van der Waals surface area contributed by atoms with E-state index in [2.05, 4.69) is 126 Å². The van der Waals surface area contributed by atoms with Gasteiger partial charge in [0, 0.05) is 168 Å². The van der Waals surface area contributed by atoms with E-state index < -0.39 is 11.2 Å². The van der Waals surface area contributed by atoms with Crippen molar-refractivity contribution >= 4 is 30.3 Å². The molecule has 10 unspecified atom stereocenters. The highest BCUT2D eigenvalue weighted by atomic mass is 16.6. The predicted octanol–water partition coefficient (Wildman–Crippen LogP) is 9.68. The van der Waals surface area contributed by atoms with Gasteiger partial charge in [-0.15, -0.1) is 0 Å². The smallest absolute Gasteiger partial charge is 0.410 e. The molecular weight excluding hydrogens is 1100 g/mol. The minimum atomic E-state index is -0.395. The average molecular weight is 1230 g/mol. The number of amides is 5. The van der Waals surface area contributed by atoms with Crippen LogP contribution in [-0.2, 0) is 23.7 Å². The maximum Gasteiger partial charge on any atom is 0.410 e. The summed E-state index contributed by atoms with van der Waals surface area (Å²) in [7, 11) is 1.46. The molecule has 10 aliphatic rings. The van der Waals surface area contributed by atoms with E-state index >= 15 is 0 Å². The molecule has 0 aliphatic carbocycles.